The lowest BCUT2D eigenvalue weighted by Crippen LogP contribution is -2.05. The molecule has 0 aliphatic rings. The third kappa shape index (κ3) is 7.87. The molecule has 0 saturated carbocycles. The van der Waals surface area contributed by atoms with Gasteiger partial charge in [0.05, 0.1) is 12.2 Å². The number of carbonyl (C=O) groups is 1. The summed E-state index contributed by atoms with van der Waals surface area (Å²) >= 11 is 0. The van der Waals surface area contributed by atoms with E-state index in [1.807, 2.05) is 30.3 Å². The van der Waals surface area contributed by atoms with Gasteiger partial charge >= 0.3 is 5.97 Å². The zero-order valence-corrected chi connectivity index (χ0v) is 11.7. The summed E-state index contributed by atoms with van der Waals surface area (Å²) in [5.74, 6) is -0.921. The summed E-state index contributed by atoms with van der Waals surface area (Å²) in [4.78, 5) is 10.3. The first-order chi connectivity index (χ1) is 10.1. The van der Waals surface area contributed by atoms with E-state index in [2.05, 4.69) is 0 Å². The number of hydrogen-bond donors (Lipinski definition) is 3. The van der Waals surface area contributed by atoms with Crippen LogP contribution >= 0.6 is 0 Å². The number of aliphatic hydroxyl groups is 2. The highest BCUT2D eigenvalue weighted by molar-refractivity contribution is 5.66. The van der Waals surface area contributed by atoms with E-state index >= 15 is 0 Å². The highest BCUT2D eigenvalue weighted by Gasteiger charge is 2.02. The Kier molecular flexibility index (Phi) is 7.79. The summed E-state index contributed by atoms with van der Waals surface area (Å²) in [5, 5.41) is 27.8. The van der Waals surface area contributed by atoms with Crippen molar-refractivity contribution in [2.75, 3.05) is 0 Å². The monoisotopic (exact) mass is 288 g/mol. The molecule has 0 aromatic heterocycles. The molecule has 0 saturated heterocycles. The van der Waals surface area contributed by atoms with Gasteiger partial charge in [-0.15, -0.1) is 0 Å². The summed E-state index contributed by atoms with van der Waals surface area (Å²) in [6, 6.07) is 9.31. The molecule has 1 aromatic carbocycles. The molecule has 0 radical (unpaired) electrons. The van der Waals surface area contributed by atoms with Crippen molar-refractivity contribution in [1.29, 1.82) is 0 Å². The van der Waals surface area contributed by atoms with Crippen LogP contribution in [0.3, 0.4) is 0 Å². The maximum atomic E-state index is 10.3. The minimum Gasteiger partial charge on any atom is -0.481 e. The maximum Gasteiger partial charge on any atom is 0.303 e. The number of allylic oxidation sites excluding steroid dienone is 4. The lowest BCUT2D eigenvalue weighted by atomic mass is 10.1. The summed E-state index contributed by atoms with van der Waals surface area (Å²) in [7, 11) is 0. The second-order valence-electron chi connectivity index (χ2n) is 4.51. The summed E-state index contributed by atoms with van der Waals surface area (Å²) in [6.45, 7) is 0. The van der Waals surface area contributed by atoms with E-state index in [1.54, 1.807) is 30.4 Å². The summed E-state index contributed by atoms with van der Waals surface area (Å²) < 4.78 is 0. The van der Waals surface area contributed by atoms with Crippen molar-refractivity contribution in [1.82, 2.24) is 0 Å². The van der Waals surface area contributed by atoms with Crippen LogP contribution in [-0.4, -0.2) is 27.4 Å². The SMILES string of the molecule is O=C(O)CCC(O)C=CC=CC=CC(O)c1ccccc1. The molecule has 4 nitrogen and oxygen atoms in total. The molecule has 0 fully saturated rings. The van der Waals surface area contributed by atoms with Gasteiger partial charge in [-0.1, -0.05) is 66.8 Å². The van der Waals surface area contributed by atoms with Crippen LogP contribution in [0.5, 0.6) is 0 Å². The molecule has 0 spiro atoms. The maximum absolute atomic E-state index is 10.3. The van der Waals surface area contributed by atoms with Gasteiger partial charge in [-0.2, -0.15) is 0 Å². The smallest absolute Gasteiger partial charge is 0.303 e. The molecular weight excluding hydrogens is 268 g/mol. The van der Waals surface area contributed by atoms with Gasteiger partial charge in [0, 0.05) is 6.42 Å². The van der Waals surface area contributed by atoms with Crippen LogP contribution in [0.15, 0.2) is 66.8 Å². The van der Waals surface area contributed by atoms with Crippen LogP contribution in [0.4, 0.5) is 0 Å². The highest BCUT2D eigenvalue weighted by Crippen LogP contribution is 2.12. The van der Waals surface area contributed by atoms with E-state index in [-0.39, 0.29) is 12.8 Å². The van der Waals surface area contributed by atoms with Crippen molar-refractivity contribution in [3.05, 3.63) is 72.4 Å². The summed E-state index contributed by atoms with van der Waals surface area (Å²) in [5.41, 5.74) is 0.821. The Bertz CT molecular complexity index is 503. The van der Waals surface area contributed by atoms with Crippen molar-refractivity contribution in [2.24, 2.45) is 0 Å². The Hall–Kier alpha value is -2.17. The fraction of sp³-hybridized carbons (Fsp3) is 0.235. The van der Waals surface area contributed by atoms with E-state index in [0.717, 1.165) is 5.56 Å². The predicted octanol–water partition coefficient (Wildman–Crippen LogP) is 2.61. The number of carboxylic acid groups (broad SMARTS) is 1. The Labute approximate surface area is 124 Å². The average molecular weight is 288 g/mol. The summed E-state index contributed by atoms with van der Waals surface area (Å²) in [6.07, 6.45) is 8.70. The molecule has 0 heterocycles. The fourth-order valence-corrected chi connectivity index (χ4v) is 1.62. The van der Waals surface area contributed by atoms with E-state index < -0.39 is 18.2 Å². The third-order valence-electron chi connectivity index (χ3n) is 2.76. The average Bonchev–Trinajstić information content (AvgIpc) is 2.49. The largest absolute Gasteiger partial charge is 0.481 e. The van der Waals surface area contributed by atoms with Crippen LogP contribution < -0.4 is 0 Å². The lowest BCUT2D eigenvalue weighted by molar-refractivity contribution is -0.137. The van der Waals surface area contributed by atoms with Gasteiger partial charge in [-0.3, -0.25) is 4.79 Å². The first-order valence-corrected chi connectivity index (χ1v) is 6.74. The van der Waals surface area contributed by atoms with Gasteiger partial charge in [0.25, 0.3) is 0 Å². The molecule has 3 N–H and O–H groups in total. The lowest BCUT2D eigenvalue weighted by Gasteiger charge is -2.03. The Morgan fingerprint density at radius 2 is 1.62 bits per heavy atom. The van der Waals surface area contributed by atoms with E-state index in [4.69, 9.17) is 5.11 Å². The number of aliphatic carboxylic acids is 1. The normalized spacial score (nSPS) is 15.0. The van der Waals surface area contributed by atoms with Gasteiger partial charge in [-0.25, -0.2) is 0 Å². The van der Waals surface area contributed by atoms with Crippen molar-refractivity contribution < 1.29 is 20.1 Å². The molecule has 1 aromatic rings. The number of hydrogen-bond acceptors (Lipinski definition) is 3. The molecule has 0 bridgehead atoms. The van der Waals surface area contributed by atoms with Gasteiger partial charge in [0.2, 0.25) is 0 Å². The standard InChI is InChI=1S/C17H20O4/c18-15(12-13-17(20)21)10-6-1-2-7-11-16(19)14-8-4-3-5-9-14/h1-11,15-16,18-19H,12-13H2,(H,20,21). The third-order valence-corrected chi connectivity index (χ3v) is 2.76. The van der Waals surface area contributed by atoms with E-state index in [0.29, 0.717) is 0 Å². The first-order valence-electron chi connectivity index (χ1n) is 6.74. The van der Waals surface area contributed by atoms with Crippen molar-refractivity contribution in [3.63, 3.8) is 0 Å². The van der Waals surface area contributed by atoms with Gasteiger partial charge in [-0.05, 0) is 12.0 Å². The molecule has 0 aliphatic heterocycles. The van der Waals surface area contributed by atoms with Crippen LogP contribution in [0.1, 0.15) is 24.5 Å². The van der Waals surface area contributed by atoms with Gasteiger partial charge in [0.1, 0.15) is 0 Å². The van der Waals surface area contributed by atoms with Gasteiger partial charge < -0.3 is 15.3 Å². The molecule has 112 valence electrons. The van der Waals surface area contributed by atoms with Gasteiger partial charge in [0.15, 0.2) is 0 Å². The minimum absolute atomic E-state index is 0.0572. The molecular formula is C17H20O4. The highest BCUT2D eigenvalue weighted by atomic mass is 16.4. The number of aliphatic hydroxyl groups excluding tert-OH is 2. The van der Waals surface area contributed by atoms with E-state index in [1.165, 1.54) is 6.08 Å². The van der Waals surface area contributed by atoms with Crippen molar-refractivity contribution >= 4 is 5.97 Å². The first kappa shape index (κ1) is 16.9. The fourth-order valence-electron chi connectivity index (χ4n) is 1.62. The molecule has 0 amide bonds. The zero-order valence-electron chi connectivity index (χ0n) is 11.7. The molecule has 2 unspecified atom stereocenters. The molecule has 21 heavy (non-hydrogen) atoms. The Morgan fingerprint density at radius 1 is 1.00 bits per heavy atom. The number of benzene rings is 1. The predicted molar refractivity (Wildman–Crippen MR) is 81.7 cm³/mol. The quantitative estimate of drug-likeness (QED) is 0.643. The van der Waals surface area contributed by atoms with Crippen LogP contribution in [0.25, 0.3) is 0 Å². The van der Waals surface area contributed by atoms with Crippen molar-refractivity contribution in [2.45, 2.75) is 25.0 Å². The van der Waals surface area contributed by atoms with Crippen LogP contribution in [-0.2, 0) is 4.79 Å². The second-order valence-corrected chi connectivity index (χ2v) is 4.51. The number of carboxylic acids is 1. The second kappa shape index (κ2) is 9.69. The zero-order chi connectivity index (χ0) is 15.5. The molecule has 2 atom stereocenters. The van der Waals surface area contributed by atoms with Crippen LogP contribution in [0, 0.1) is 0 Å². The van der Waals surface area contributed by atoms with Crippen molar-refractivity contribution in [3.8, 4) is 0 Å². The molecule has 4 heteroatoms. The minimum atomic E-state index is -0.921. The van der Waals surface area contributed by atoms with Crippen LogP contribution in [0.2, 0.25) is 0 Å². The molecule has 0 aliphatic carbocycles. The topological polar surface area (TPSA) is 77.8 Å². The van der Waals surface area contributed by atoms with E-state index in [9.17, 15) is 15.0 Å². The Morgan fingerprint density at radius 3 is 2.24 bits per heavy atom. The number of rotatable bonds is 8. The Balaban J connectivity index is 2.34. The molecule has 1 rings (SSSR count).